The second-order valence-corrected chi connectivity index (χ2v) is 5.14. The van der Waals surface area contributed by atoms with E-state index in [0.717, 1.165) is 5.56 Å². The first kappa shape index (κ1) is 15.8. The van der Waals surface area contributed by atoms with Gasteiger partial charge in [0.1, 0.15) is 12.4 Å². The molecule has 0 aliphatic heterocycles. The molecule has 0 bridgehead atoms. The van der Waals surface area contributed by atoms with Gasteiger partial charge in [0, 0.05) is 18.5 Å². The molecule has 3 rings (SSSR count). The van der Waals surface area contributed by atoms with E-state index in [-0.39, 0.29) is 24.9 Å². The van der Waals surface area contributed by atoms with Crippen molar-refractivity contribution in [3.05, 3.63) is 84.4 Å². The summed E-state index contributed by atoms with van der Waals surface area (Å²) in [4.78, 5) is 12.0. The average Bonchev–Trinajstić information content (AvgIpc) is 3.14. The van der Waals surface area contributed by atoms with Gasteiger partial charge < -0.3 is 9.47 Å². The molecule has 0 saturated carbocycles. The molecule has 0 spiro atoms. The van der Waals surface area contributed by atoms with Gasteiger partial charge in [-0.25, -0.2) is 4.39 Å². The van der Waals surface area contributed by atoms with Crippen LogP contribution in [0, 0.1) is 5.82 Å². The lowest BCUT2D eigenvalue weighted by atomic mass is 10.2. The summed E-state index contributed by atoms with van der Waals surface area (Å²) in [5, 5.41) is 0. The zero-order valence-electron chi connectivity index (χ0n) is 12.9. The third-order valence-corrected chi connectivity index (χ3v) is 3.39. The van der Waals surface area contributed by atoms with E-state index >= 15 is 0 Å². The first-order valence-corrected chi connectivity index (χ1v) is 7.47. The van der Waals surface area contributed by atoms with Gasteiger partial charge in [-0.15, -0.1) is 0 Å². The fourth-order valence-electron chi connectivity index (χ4n) is 2.16. The van der Waals surface area contributed by atoms with Gasteiger partial charge in [0.15, 0.2) is 18.1 Å². The monoisotopic (exact) mass is 325 g/mol. The summed E-state index contributed by atoms with van der Waals surface area (Å²) < 4.78 is 26.1. The van der Waals surface area contributed by atoms with Crippen LogP contribution in [0.3, 0.4) is 0 Å². The lowest BCUT2D eigenvalue weighted by Gasteiger charge is -2.13. The second-order valence-electron chi connectivity index (χ2n) is 5.14. The van der Waals surface area contributed by atoms with Gasteiger partial charge in [0.05, 0.1) is 0 Å². The smallest absolute Gasteiger partial charge is 0.268 e. The minimum Gasteiger partial charge on any atom is -0.485 e. The van der Waals surface area contributed by atoms with E-state index in [1.165, 1.54) is 22.8 Å². The standard InChI is InChI=1S/C19H16FNO3/c20-16-8-9-17(24-14-19(22)21-10-4-5-11-21)18(12-16)23-13-15-6-2-1-3-7-15/h1-12H,13-14H2. The van der Waals surface area contributed by atoms with E-state index in [2.05, 4.69) is 0 Å². The Morgan fingerprint density at radius 2 is 1.67 bits per heavy atom. The number of aromatic nitrogens is 1. The first-order valence-electron chi connectivity index (χ1n) is 7.47. The number of hydrogen-bond acceptors (Lipinski definition) is 3. The second kappa shape index (κ2) is 7.46. The highest BCUT2D eigenvalue weighted by molar-refractivity contribution is 5.80. The molecule has 0 aliphatic carbocycles. The molecular formula is C19H16FNO3. The highest BCUT2D eigenvalue weighted by atomic mass is 19.1. The molecule has 122 valence electrons. The fraction of sp³-hybridized carbons (Fsp3) is 0.105. The summed E-state index contributed by atoms with van der Waals surface area (Å²) >= 11 is 0. The van der Waals surface area contributed by atoms with Crippen LogP contribution in [-0.4, -0.2) is 17.1 Å². The Morgan fingerprint density at radius 1 is 0.917 bits per heavy atom. The Morgan fingerprint density at radius 3 is 2.42 bits per heavy atom. The van der Waals surface area contributed by atoms with Crippen LogP contribution in [-0.2, 0) is 6.61 Å². The maximum Gasteiger partial charge on any atom is 0.268 e. The van der Waals surface area contributed by atoms with Crippen molar-refractivity contribution in [2.24, 2.45) is 0 Å². The van der Waals surface area contributed by atoms with Crippen molar-refractivity contribution in [2.75, 3.05) is 6.61 Å². The van der Waals surface area contributed by atoms with E-state index in [1.54, 1.807) is 24.5 Å². The van der Waals surface area contributed by atoms with Gasteiger partial charge in [-0.3, -0.25) is 9.36 Å². The average molecular weight is 325 g/mol. The lowest BCUT2D eigenvalue weighted by Crippen LogP contribution is -2.18. The topological polar surface area (TPSA) is 40.5 Å². The zero-order valence-corrected chi connectivity index (χ0v) is 12.9. The molecule has 4 nitrogen and oxygen atoms in total. The molecule has 0 atom stereocenters. The van der Waals surface area contributed by atoms with Gasteiger partial charge in [0.25, 0.3) is 5.91 Å². The van der Waals surface area contributed by atoms with Crippen LogP contribution in [0.25, 0.3) is 0 Å². The van der Waals surface area contributed by atoms with Crippen LogP contribution in [0.15, 0.2) is 73.1 Å². The third kappa shape index (κ3) is 4.01. The minimum absolute atomic E-state index is 0.165. The SMILES string of the molecule is O=C(COc1ccc(F)cc1OCc1ccccc1)n1cccc1. The number of hydrogen-bond donors (Lipinski definition) is 0. The van der Waals surface area contributed by atoms with Gasteiger partial charge in [-0.2, -0.15) is 0 Å². The summed E-state index contributed by atoms with van der Waals surface area (Å²) in [6.07, 6.45) is 3.28. The molecule has 0 fully saturated rings. The number of ether oxygens (including phenoxy) is 2. The van der Waals surface area contributed by atoms with Crippen LogP contribution in [0.4, 0.5) is 4.39 Å². The largest absolute Gasteiger partial charge is 0.485 e. The zero-order chi connectivity index (χ0) is 16.8. The maximum atomic E-state index is 13.5. The van der Waals surface area contributed by atoms with E-state index in [1.807, 2.05) is 30.3 Å². The summed E-state index contributed by atoms with van der Waals surface area (Å²) in [6, 6.07) is 17.0. The van der Waals surface area contributed by atoms with Crippen molar-refractivity contribution in [3.8, 4) is 11.5 Å². The summed E-state index contributed by atoms with van der Waals surface area (Å²) in [7, 11) is 0. The Labute approximate surface area is 139 Å². The lowest BCUT2D eigenvalue weighted by molar-refractivity contribution is 0.0835. The van der Waals surface area contributed by atoms with Gasteiger partial charge in [0.2, 0.25) is 0 Å². The molecule has 0 N–H and O–H groups in total. The van der Waals surface area contributed by atoms with Crippen LogP contribution in [0.1, 0.15) is 10.4 Å². The molecule has 2 aromatic carbocycles. The fourth-order valence-corrected chi connectivity index (χ4v) is 2.16. The number of halogens is 1. The molecule has 5 heteroatoms. The highest BCUT2D eigenvalue weighted by Gasteiger charge is 2.10. The maximum absolute atomic E-state index is 13.5. The van der Waals surface area contributed by atoms with Crippen molar-refractivity contribution in [3.63, 3.8) is 0 Å². The van der Waals surface area contributed by atoms with Crippen molar-refractivity contribution < 1.29 is 18.7 Å². The Balaban J connectivity index is 1.67. The highest BCUT2D eigenvalue weighted by Crippen LogP contribution is 2.28. The third-order valence-electron chi connectivity index (χ3n) is 3.39. The van der Waals surface area contributed by atoms with Crippen LogP contribution < -0.4 is 9.47 Å². The van der Waals surface area contributed by atoms with E-state index in [4.69, 9.17) is 9.47 Å². The van der Waals surface area contributed by atoms with Crippen molar-refractivity contribution in [1.82, 2.24) is 4.57 Å². The van der Waals surface area contributed by atoms with Crippen LogP contribution in [0.5, 0.6) is 11.5 Å². The van der Waals surface area contributed by atoms with Crippen molar-refractivity contribution in [1.29, 1.82) is 0 Å². The molecule has 0 aliphatic rings. The number of carbonyl (C=O) groups excluding carboxylic acids is 1. The molecule has 3 aromatic rings. The molecule has 0 amide bonds. The summed E-state index contributed by atoms with van der Waals surface area (Å²) in [6.45, 7) is 0.119. The molecule has 0 saturated heterocycles. The normalized spacial score (nSPS) is 10.4. The molecule has 1 heterocycles. The van der Waals surface area contributed by atoms with E-state index < -0.39 is 5.82 Å². The van der Waals surface area contributed by atoms with Gasteiger partial charge in [-0.05, 0) is 29.8 Å². The number of nitrogens with zero attached hydrogens (tertiary/aromatic N) is 1. The number of rotatable bonds is 6. The first-order chi connectivity index (χ1) is 11.7. The molecule has 0 radical (unpaired) electrons. The molecule has 1 aromatic heterocycles. The van der Waals surface area contributed by atoms with Gasteiger partial charge >= 0.3 is 0 Å². The number of carbonyl (C=O) groups is 1. The minimum atomic E-state index is -0.429. The van der Waals surface area contributed by atoms with Crippen LogP contribution >= 0.6 is 0 Å². The van der Waals surface area contributed by atoms with Crippen molar-refractivity contribution >= 4 is 5.91 Å². The molecule has 0 unspecified atom stereocenters. The predicted octanol–water partition coefficient (Wildman–Crippen LogP) is 3.93. The summed E-state index contributed by atoms with van der Waals surface area (Å²) in [5.74, 6) is -0.0625. The Hall–Kier alpha value is -3.08. The van der Waals surface area contributed by atoms with Gasteiger partial charge in [-0.1, -0.05) is 30.3 Å². The van der Waals surface area contributed by atoms with E-state index in [0.29, 0.717) is 5.75 Å². The quantitative estimate of drug-likeness (QED) is 0.689. The summed E-state index contributed by atoms with van der Waals surface area (Å²) in [5.41, 5.74) is 0.955. The van der Waals surface area contributed by atoms with E-state index in [9.17, 15) is 9.18 Å². The Kier molecular flexibility index (Phi) is 4.91. The predicted molar refractivity (Wildman–Crippen MR) is 87.7 cm³/mol. The number of benzene rings is 2. The molecular weight excluding hydrogens is 309 g/mol. The molecule has 24 heavy (non-hydrogen) atoms. The Bertz CT molecular complexity index is 801. The van der Waals surface area contributed by atoms with Crippen LogP contribution in [0.2, 0.25) is 0 Å². The van der Waals surface area contributed by atoms with Crippen molar-refractivity contribution in [2.45, 2.75) is 6.61 Å².